The Kier molecular flexibility index (Phi) is 5.91. The second-order valence-electron chi connectivity index (χ2n) is 8.95. The molecule has 0 saturated carbocycles. The van der Waals surface area contributed by atoms with Crippen molar-refractivity contribution in [1.82, 2.24) is 0 Å². The van der Waals surface area contributed by atoms with Gasteiger partial charge in [0, 0.05) is 36.9 Å². The molecule has 29 heavy (non-hydrogen) atoms. The lowest BCUT2D eigenvalue weighted by molar-refractivity contribution is -0.914. The highest BCUT2D eigenvalue weighted by Gasteiger charge is 2.30. The molecule has 154 valence electrons. The van der Waals surface area contributed by atoms with Gasteiger partial charge in [0.05, 0.1) is 33.3 Å². The molecular weight excluding hydrogens is 360 g/mol. The molecule has 4 heteroatoms. The van der Waals surface area contributed by atoms with Crippen LogP contribution in [0.3, 0.4) is 0 Å². The number of amides is 1. The molecule has 2 heterocycles. The highest BCUT2D eigenvalue weighted by molar-refractivity contribution is 5.94. The number of benzene rings is 2. The van der Waals surface area contributed by atoms with E-state index in [2.05, 4.69) is 43.6 Å². The maximum atomic E-state index is 11.6. The number of likely N-dealkylation sites (tertiary alicyclic amines) is 1. The predicted octanol–water partition coefficient (Wildman–Crippen LogP) is 4.67. The molecule has 1 saturated heterocycles. The maximum absolute atomic E-state index is 11.6. The SMILES string of the molecule is Cc1ccccc1C1CC[N+](C)(CCCOc2cccc3c2CCC(=O)N3)CC1. The summed E-state index contributed by atoms with van der Waals surface area (Å²) in [6, 6.07) is 14.8. The molecule has 2 aromatic rings. The minimum Gasteiger partial charge on any atom is -0.493 e. The van der Waals surface area contributed by atoms with E-state index in [9.17, 15) is 4.79 Å². The van der Waals surface area contributed by atoms with Crippen LogP contribution in [0.25, 0.3) is 0 Å². The monoisotopic (exact) mass is 393 g/mol. The Morgan fingerprint density at radius 1 is 1.07 bits per heavy atom. The number of carbonyl (C=O) groups is 1. The van der Waals surface area contributed by atoms with Crippen molar-refractivity contribution in [3.8, 4) is 5.75 Å². The molecule has 4 nitrogen and oxygen atoms in total. The van der Waals surface area contributed by atoms with Crippen LogP contribution in [-0.2, 0) is 11.2 Å². The summed E-state index contributed by atoms with van der Waals surface area (Å²) in [6.45, 7) is 6.62. The Morgan fingerprint density at radius 3 is 2.66 bits per heavy atom. The number of anilines is 1. The fourth-order valence-electron chi connectivity index (χ4n) is 4.93. The summed E-state index contributed by atoms with van der Waals surface area (Å²) in [5.41, 5.74) is 5.04. The number of quaternary nitrogens is 1. The molecule has 0 unspecified atom stereocenters. The van der Waals surface area contributed by atoms with Crippen LogP contribution in [0.4, 0.5) is 5.69 Å². The number of fused-ring (bicyclic) bond motifs is 1. The summed E-state index contributed by atoms with van der Waals surface area (Å²) in [5.74, 6) is 1.74. The van der Waals surface area contributed by atoms with Gasteiger partial charge in [0.15, 0.2) is 0 Å². The van der Waals surface area contributed by atoms with Gasteiger partial charge in [-0.3, -0.25) is 4.79 Å². The average Bonchev–Trinajstić information content (AvgIpc) is 2.72. The molecule has 1 amide bonds. The smallest absolute Gasteiger partial charge is 0.224 e. The van der Waals surface area contributed by atoms with Gasteiger partial charge in [-0.15, -0.1) is 0 Å². The largest absolute Gasteiger partial charge is 0.493 e. The van der Waals surface area contributed by atoms with Crippen molar-refractivity contribution in [3.63, 3.8) is 0 Å². The van der Waals surface area contributed by atoms with Gasteiger partial charge in [-0.25, -0.2) is 0 Å². The number of aryl methyl sites for hydroxylation is 1. The summed E-state index contributed by atoms with van der Waals surface area (Å²) in [4.78, 5) is 11.6. The van der Waals surface area contributed by atoms with Crippen molar-refractivity contribution in [2.24, 2.45) is 0 Å². The highest BCUT2D eigenvalue weighted by atomic mass is 16.5. The van der Waals surface area contributed by atoms with Crippen LogP contribution in [-0.4, -0.2) is 43.7 Å². The summed E-state index contributed by atoms with van der Waals surface area (Å²) < 4.78 is 7.27. The van der Waals surface area contributed by atoms with E-state index in [1.165, 1.54) is 31.5 Å². The maximum Gasteiger partial charge on any atom is 0.224 e. The minimum absolute atomic E-state index is 0.0983. The molecule has 1 N–H and O–H groups in total. The zero-order chi connectivity index (χ0) is 20.3. The fraction of sp³-hybridized carbons (Fsp3) is 0.480. The van der Waals surface area contributed by atoms with Crippen LogP contribution in [0.1, 0.15) is 48.3 Å². The van der Waals surface area contributed by atoms with E-state index in [-0.39, 0.29) is 5.91 Å². The predicted molar refractivity (Wildman–Crippen MR) is 117 cm³/mol. The molecule has 0 bridgehead atoms. The van der Waals surface area contributed by atoms with Crippen molar-refractivity contribution in [3.05, 3.63) is 59.2 Å². The third kappa shape index (κ3) is 4.64. The van der Waals surface area contributed by atoms with Crippen molar-refractivity contribution < 1.29 is 14.0 Å². The number of piperidine rings is 1. The molecule has 0 aromatic heterocycles. The van der Waals surface area contributed by atoms with E-state index >= 15 is 0 Å². The quantitative estimate of drug-likeness (QED) is 0.572. The number of carbonyl (C=O) groups excluding carboxylic acids is 1. The molecule has 4 rings (SSSR count). The summed E-state index contributed by atoms with van der Waals surface area (Å²) >= 11 is 0. The van der Waals surface area contributed by atoms with Crippen LogP contribution in [0.15, 0.2) is 42.5 Å². The summed E-state index contributed by atoms with van der Waals surface area (Å²) in [5, 5.41) is 2.95. The summed E-state index contributed by atoms with van der Waals surface area (Å²) in [7, 11) is 2.40. The van der Waals surface area contributed by atoms with Gasteiger partial charge in [0.2, 0.25) is 5.91 Å². The lowest BCUT2D eigenvalue weighted by Gasteiger charge is -2.41. The van der Waals surface area contributed by atoms with Gasteiger partial charge >= 0.3 is 0 Å². The molecule has 0 spiro atoms. The third-order valence-electron chi connectivity index (χ3n) is 6.77. The van der Waals surface area contributed by atoms with E-state index in [0.717, 1.165) is 47.5 Å². The molecule has 0 aliphatic carbocycles. The van der Waals surface area contributed by atoms with E-state index in [1.54, 1.807) is 5.56 Å². The third-order valence-corrected chi connectivity index (χ3v) is 6.77. The van der Waals surface area contributed by atoms with E-state index in [0.29, 0.717) is 12.3 Å². The van der Waals surface area contributed by atoms with Crippen LogP contribution in [0.2, 0.25) is 0 Å². The number of ether oxygens (including phenoxy) is 1. The highest BCUT2D eigenvalue weighted by Crippen LogP contribution is 2.33. The Morgan fingerprint density at radius 2 is 1.86 bits per heavy atom. The van der Waals surface area contributed by atoms with Crippen molar-refractivity contribution in [2.45, 2.75) is 44.9 Å². The van der Waals surface area contributed by atoms with Crippen molar-refractivity contribution in [1.29, 1.82) is 0 Å². The Labute approximate surface area is 174 Å². The second-order valence-corrected chi connectivity index (χ2v) is 8.95. The van der Waals surface area contributed by atoms with Gasteiger partial charge in [0.1, 0.15) is 5.75 Å². The molecule has 2 aliphatic heterocycles. The number of nitrogens with zero attached hydrogens (tertiary/aromatic N) is 1. The standard InChI is InChI=1S/C25H32N2O2/c1-19-7-3-4-8-21(19)20-13-16-27(2,17-14-20)15-6-18-29-24-10-5-9-23-22(24)11-12-25(28)26-23/h3-5,7-10,20H,6,11-18H2,1-2H3/p+1. The number of hydrogen-bond donors (Lipinski definition) is 1. The van der Waals surface area contributed by atoms with Crippen LogP contribution >= 0.6 is 0 Å². The fourth-order valence-corrected chi connectivity index (χ4v) is 4.93. The normalized spacial score (nSPS) is 23.9. The van der Waals surface area contributed by atoms with Gasteiger partial charge in [-0.2, -0.15) is 0 Å². The van der Waals surface area contributed by atoms with Crippen LogP contribution in [0.5, 0.6) is 5.75 Å². The number of hydrogen-bond acceptors (Lipinski definition) is 2. The second kappa shape index (κ2) is 8.58. The number of nitrogens with one attached hydrogen (secondary N) is 1. The Balaban J connectivity index is 1.26. The van der Waals surface area contributed by atoms with E-state index in [1.807, 2.05) is 18.2 Å². The lowest BCUT2D eigenvalue weighted by atomic mass is 9.86. The van der Waals surface area contributed by atoms with E-state index < -0.39 is 0 Å². The molecule has 0 radical (unpaired) electrons. The van der Waals surface area contributed by atoms with Crippen LogP contribution in [0, 0.1) is 6.92 Å². The minimum atomic E-state index is 0.0983. The molecule has 2 aromatic carbocycles. The first kappa shape index (κ1) is 20.0. The van der Waals surface area contributed by atoms with Crippen LogP contribution < -0.4 is 10.1 Å². The first-order valence-electron chi connectivity index (χ1n) is 11.0. The zero-order valence-corrected chi connectivity index (χ0v) is 17.7. The zero-order valence-electron chi connectivity index (χ0n) is 17.7. The molecular formula is C25H33N2O2+. The van der Waals surface area contributed by atoms with Gasteiger partial charge < -0.3 is 14.5 Å². The van der Waals surface area contributed by atoms with Gasteiger partial charge in [-0.05, 0) is 42.5 Å². The molecule has 0 atom stereocenters. The first-order valence-corrected chi connectivity index (χ1v) is 11.0. The summed E-state index contributed by atoms with van der Waals surface area (Å²) in [6.07, 6.45) is 4.92. The van der Waals surface area contributed by atoms with E-state index in [4.69, 9.17) is 4.74 Å². The average molecular weight is 394 g/mol. The molecule has 1 fully saturated rings. The Hall–Kier alpha value is -2.33. The topological polar surface area (TPSA) is 38.3 Å². The molecule has 2 aliphatic rings. The van der Waals surface area contributed by atoms with Crippen molar-refractivity contribution >= 4 is 11.6 Å². The van der Waals surface area contributed by atoms with Gasteiger partial charge in [-0.1, -0.05) is 30.3 Å². The van der Waals surface area contributed by atoms with Crippen molar-refractivity contribution in [2.75, 3.05) is 38.6 Å². The number of rotatable bonds is 6. The Bertz CT molecular complexity index is 869. The van der Waals surface area contributed by atoms with Gasteiger partial charge in [0.25, 0.3) is 0 Å². The first-order chi connectivity index (χ1) is 14.0. The lowest BCUT2D eigenvalue weighted by Crippen LogP contribution is -2.50.